The Balaban J connectivity index is 2.27. The summed E-state index contributed by atoms with van der Waals surface area (Å²) in [4.78, 5) is 11.3. The minimum absolute atomic E-state index is 0.00579. The molecule has 3 heteroatoms. The first-order valence-corrected chi connectivity index (χ1v) is 5.07. The van der Waals surface area contributed by atoms with Gasteiger partial charge in [0.15, 0.2) is 0 Å². The number of carbonyl (C=O) groups excluding carboxylic acids is 1. The maximum absolute atomic E-state index is 11.3. The Kier molecular flexibility index (Phi) is 3.72. The van der Waals surface area contributed by atoms with Crippen molar-refractivity contribution in [2.75, 3.05) is 0 Å². The van der Waals surface area contributed by atoms with E-state index in [2.05, 4.69) is 5.32 Å². The van der Waals surface area contributed by atoms with Crippen LogP contribution in [-0.2, 0) is 4.79 Å². The standard InChI is InChI=1S/C10H19NO2/c1-7(2)6-10(13)11-8-4-3-5-9(8)12/h7-9,12H,3-6H2,1-2H3,(H,11,13)/t8-,9-/m0/s1. The highest BCUT2D eigenvalue weighted by atomic mass is 16.3. The summed E-state index contributed by atoms with van der Waals surface area (Å²) in [6.45, 7) is 4.04. The van der Waals surface area contributed by atoms with Crippen molar-refractivity contribution in [3.05, 3.63) is 0 Å². The van der Waals surface area contributed by atoms with Gasteiger partial charge in [0, 0.05) is 6.42 Å². The molecule has 76 valence electrons. The first-order valence-electron chi connectivity index (χ1n) is 5.07. The highest BCUT2D eigenvalue weighted by Gasteiger charge is 2.26. The normalized spacial score (nSPS) is 28.0. The van der Waals surface area contributed by atoms with Gasteiger partial charge in [0.25, 0.3) is 0 Å². The average Bonchev–Trinajstić information content (AvgIpc) is 2.34. The Morgan fingerprint density at radius 1 is 1.54 bits per heavy atom. The van der Waals surface area contributed by atoms with E-state index in [4.69, 9.17) is 0 Å². The van der Waals surface area contributed by atoms with Gasteiger partial charge in [-0.25, -0.2) is 0 Å². The van der Waals surface area contributed by atoms with Crippen molar-refractivity contribution in [1.29, 1.82) is 0 Å². The predicted molar refractivity (Wildman–Crippen MR) is 51.2 cm³/mol. The molecule has 1 saturated carbocycles. The summed E-state index contributed by atoms with van der Waals surface area (Å²) in [6, 6.07) is 0.00579. The third-order valence-corrected chi connectivity index (χ3v) is 2.42. The Morgan fingerprint density at radius 2 is 2.23 bits per heavy atom. The minimum atomic E-state index is -0.323. The van der Waals surface area contributed by atoms with Crippen LogP contribution in [0.1, 0.15) is 39.5 Å². The molecule has 0 aromatic carbocycles. The van der Waals surface area contributed by atoms with Gasteiger partial charge in [-0.15, -0.1) is 0 Å². The Bertz CT molecular complexity index is 180. The molecule has 2 atom stereocenters. The number of hydrogen-bond donors (Lipinski definition) is 2. The molecule has 1 aliphatic rings. The van der Waals surface area contributed by atoms with E-state index in [1.165, 1.54) is 0 Å². The molecule has 13 heavy (non-hydrogen) atoms. The monoisotopic (exact) mass is 185 g/mol. The zero-order chi connectivity index (χ0) is 9.84. The van der Waals surface area contributed by atoms with Crippen molar-refractivity contribution in [2.24, 2.45) is 5.92 Å². The van der Waals surface area contributed by atoms with E-state index >= 15 is 0 Å². The number of amides is 1. The predicted octanol–water partition coefficient (Wildman–Crippen LogP) is 1.06. The van der Waals surface area contributed by atoms with Crippen LogP contribution in [0.3, 0.4) is 0 Å². The van der Waals surface area contributed by atoms with E-state index in [0.29, 0.717) is 12.3 Å². The molecule has 0 aromatic heterocycles. The second-order valence-electron chi connectivity index (χ2n) is 4.27. The number of nitrogens with one attached hydrogen (secondary N) is 1. The van der Waals surface area contributed by atoms with Gasteiger partial charge in [0.2, 0.25) is 5.91 Å². The van der Waals surface area contributed by atoms with Gasteiger partial charge < -0.3 is 10.4 Å². The van der Waals surface area contributed by atoms with Crippen LogP contribution in [0.4, 0.5) is 0 Å². The molecule has 0 unspecified atom stereocenters. The summed E-state index contributed by atoms with van der Waals surface area (Å²) in [5.41, 5.74) is 0. The van der Waals surface area contributed by atoms with E-state index < -0.39 is 0 Å². The van der Waals surface area contributed by atoms with Gasteiger partial charge in [0.05, 0.1) is 12.1 Å². The summed E-state index contributed by atoms with van der Waals surface area (Å²) in [6.07, 6.45) is 3.00. The maximum atomic E-state index is 11.3. The SMILES string of the molecule is CC(C)CC(=O)N[C@H]1CCC[C@@H]1O. The highest BCUT2D eigenvalue weighted by molar-refractivity contribution is 5.76. The summed E-state index contributed by atoms with van der Waals surface area (Å²) < 4.78 is 0. The van der Waals surface area contributed by atoms with Crippen LogP contribution in [0.15, 0.2) is 0 Å². The Labute approximate surface area is 79.5 Å². The van der Waals surface area contributed by atoms with Crippen molar-refractivity contribution >= 4 is 5.91 Å². The summed E-state index contributed by atoms with van der Waals surface area (Å²) in [7, 11) is 0. The van der Waals surface area contributed by atoms with E-state index in [0.717, 1.165) is 19.3 Å². The molecule has 0 aromatic rings. The second-order valence-corrected chi connectivity index (χ2v) is 4.27. The molecule has 3 nitrogen and oxygen atoms in total. The van der Waals surface area contributed by atoms with Crippen LogP contribution in [0.5, 0.6) is 0 Å². The first kappa shape index (κ1) is 10.5. The van der Waals surface area contributed by atoms with Gasteiger partial charge in [-0.3, -0.25) is 4.79 Å². The van der Waals surface area contributed by atoms with Crippen LogP contribution >= 0.6 is 0 Å². The van der Waals surface area contributed by atoms with Gasteiger partial charge >= 0.3 is 0 Å². The lowest BCUT2D eigenvalue weighted by Crippen LogP contribution is -2.40. The fraction of sp³-hybridized carbons (Fsp3) is 0.900. The molecule has 1 amide bonds. The molecule has 0 heterocycles. The lowest BCUT2D eigenvalue weighted by Gasteiger charge is -2.16. The highest BCUT2D eigenvalue weighted by Crippen LogP contribution is 2.18. The van der Waals surface area contributed by atoms with Crippen LogP contribution in [0.25, 0.3) is 0 Å². The van der Waals surface area contributed by atoms with Crippen LogP contribution in [-0.4, -0.2) is 23.2 Å². The zero-order valence-electron chi connectivity index (χ0n) is 8.42. The molecule has 0 aliphatic heterocycles. The molecular weight excluding hydrogens is 166 g/mol. The average molecular weight is 185 g/mol. The fourth-order valence-corrected chi connectivity index (χ4v) is 1.75. The summed E-state index contributed by atoms with van der Waals surface area (Å²) in [5, 5.41) is 12.3. The van der Waals surface area contributed by atoms with Crippen molar-refractivity contribution in [1.82, 2.24) is 5.32 Å². The van der Waals surface area contributed by atoms with Crippen molar-refractivity contribution in [3.8, 4) is 0 Å². The van der Waals surface area contributed by atoms with E-state index in [9.17, 15) is 9.90 Å². The van der Waals surface area contributed by atoms with Gasteiger partial charge in [-0.1, -0.05) is 13.8 Å². The van der Waals surface area contributed by atoms with Crippen molar-refractivity contribution in [3.63, 3.8) is 0 Å². The molecular formula is C10H19NO2. The first-order chi connectivity index (χ1) is 6.09. The Morgan fingerprint density at radius 3 is 2.69 bits per heavy atom. The maximum Gasteiger partial charge on any atom is 0.220 e. The molecule has 0 spiro atoms. The third-order valence-electron chi connectivity index (χ3n) is 2.42. The molecule has 1 fully saturated rings. The van der Waals surface area contributed by atoms with E-state index in [1.807, 2.05) is 13.8 Å². The second kappa shape index (κ2) is 4.61. The van der Waals surface area contributed by atoms with Crippen molar-refractivity contribution in [2.45, 2.75) is 51.7 Å². The molecule has 0 saturated heterocycles. The number of aliphatic hydroxyl groups excluding tert-OH is 1. The van der Waals surface area contributed by atoms with Crippen molar-refractivity contribution < 1.29 is 9.90 Å². The van der Waals surface area contributed by atoms with Crippen LogP contribution in [0.2, 0.25) is 0 Å². The number of rotatable bonds is 3. The summed E-state index contributed by atoms with van der Waals surface area (Å²) >= 11 is 0. The van der Waals surface area contributed by atoms with Crippen LogP contribution < -0.4 is 5.32 Å². The molecule has 2 N–H and O–H groups in total. The molecule has 0 bridgehead atoms. The largest absolute Gasteiger partial charge is 0.391 e. The van der Waals surface area contributed by atoms with Gasteiger partial charge in [0.1, 0.15) is 0 Å². The quantitative estimate of drug-likeness (QED) is 0.690. The topological polar surface area (TPSA) is 49.3 Å². The van der Waals surface area contributed by atoms with Crippen LogP contribution in [0, 0.1) is 5.92 Å². The molecule has 1 rings (SSSR count). The molecule has 0 radical (unpaired) electrons. The van der Waals surface area contributed by atoms with E-state index in [-0.39, 0.29) is 18.1 Å². The summed E-state index contributed by atoms with van der Waals surface area (Å²) in [5.74, 6) is 0.458. The lowest BCUT2D eigenvalue weighted by molar-refractivity contribution is -0.123. The third kappa shape index (κ3) is 3.35. The smallest absolute Gasteiger partial charge is 0.220 e. The lowest BCUT2D eigenvalue weighted by atomic mass is 10.1. The zero-order valence-corrected chi connectivity index (χ0v) is 8.42. The Hall–Kier alpha value is -0.570. The number of carbonyl (C=O) groups is 1. The van der Waals surface area contributed by atoms with Gasteiger partial charge in [-0.05, 0) is 25.2 Å². The number of hydrogen-bond acceptors (Lipinski definition) is 2. The fourth-order valence-electron chi connectivity index (χ4n) is 1.75. The van der Waals surface area contributed by atoms with E-state index in [1.54, 1.807) is 0 Å². The molecule has 1 aliphatic carbocycles. The number of aliphatic hydroxyl groups is 1. The van der Waals surface area contributed by atoms with Gasteiger partial charge in [-0.2, -0.15) is 0 Å². The minimum Gasteiger partial charge on any atom is -0.391 e.